The maximum absolute atomic E-state index is 14.6. The predicted molar refractivity (Wildman–Crippen MR) is 129 cm³/mol. The van der Waals surface area contributed by atoms with Crippen LogP contribution in [0.4, 0.5) is 10.2 Å². The number of hydrogen-bond donors (Lipinski definition) is 0. The van der Waals surface area contributed by atoms with Crippen LogP contribution < -0.4 is 9.64 Å². The average molecular weight is 474 g/mol. The van der Waals surface area contributed by atoms with Crippen molar-refractivity contribution in [1.82, 2.24) is 39.3 Å². The van der Waals surface area contributed by atoms with Crippen LogP contribution in [-0.2, 0) is 21.1 Å². The second-order valence-electron chi connectivity index (χ2n) is 8.76. The molecule has 1 aliphatic rings. The van der Waals surface area contributed by atoms with Crippen LogP contribution in [0.3, 0.4) is 0 Å². The third kappa shape index (κ3) is 3.34. The van der Waals surface area contributed by atoms with E-state index in [1.165, 1.54) is 13.2 Å². The number of aromatic nitrogens is 8. The fourth-order valence-electron chi connectivity index (χ4n) is 4.76. The van der Waals surface area contributed by atoms with Crippen LogP contribution in [-0.4, -0.2) is 59.5 Å². The summed E-state index contributed by atoms with van der Waals surface area (Å²) in [6.45, 7) is 1.61. The van der Waals surface area contributed by atoms with E-state index in [1.54, 1.807) is 28.0 Å². The first-order valence-corrected chi connectivity index (χ1v) is 11.2. The third-order valence-electron chi connectivity index (χ3n) is 6.55. The highest BCUT2D eigenvalue weighted by molar-refractivity contribution is 6.02. The summed E-state index contributed by atoms with van der Waals surface area (Å²) in [5.74, 6) is 0.920. The highest BCUT2D eigenvalue weighted by Gasteiger charge is 2.34. The van der Waals surface area contributed by atoms with Gasteiger partial charge in [-0.05, 0) is 24.3 Å². The predicted octanol–water partition coefficient (Wildman–Crippen LogP) is 2.92. The first kappa shape index (κ1) is 21.3. The summed E-state index contributed by atoms with van der Waals surface area (Å²) in [5, 5.41) is 14.7. The molecular formula is C24H24FN9O. The second-order valence-corrected chi connectivity index (χ2v) is 8.76. The Labute approximate surface area is 200 Å². The number of benzene rings is 1. The van der Waals surface area contributed by atoms with Crippen molar-refractivity contribution in [2.75, 3.05) is 25.1 Å². The number of aryl methyl sites for hydroxylation is 3. The molecule has 10 nitrogen and oxygen atoms in total. The second kappa shape index (κ2) is 7.90. The Morgan fingerprint density at radius 3 is 2.57 bits per heavy atom. The summed E-state index contributed by atoms with van der Waals surface area (Å²) in [5.41, 5.74) is 4.71. The fourth-order valence-corrected chi connectivity index (χ4v) is 4.76. The standard InChI is InChI=1S/C24H24FN9O/c1-31-8-7-18(29-31)15-11-34(12-15)24-20-21(30-33(3)23(20)26-13-27-24)16-10-28-32(2)22(16)14-5-6-19(35-4)17(25)9-14/h5-10,13,15H,11-12H2,1-4H3. The van der Waals surface area contributed by atoms with Gasteiger partial charge in [0, 0.05) is 57.5 Å². The van der Waals surface area contributed by atoms with Crippen molar-refractivity contribution < 1.29 is 9.13 Å². The van der Waals surface area contributed by atoms with E-state index in [0.29, 0.717) is 17.2 Å². The molecule has 0 atom stereocenters. The van der Waals surface area contributed by atoms with Gasteiger partial charge in [-0.2, -0.15) is 15.3 Å². The molecule has 11 heteroatoms. The van der Waals surface area contributed by atoms with Crippen molar-refractivity contribution >= 4 is 16.9 Å². The van der Waals surface area contributed by atoms with E-state index >= 15 is 0 Å². The molecule has 6 rings (SSSR count). The van der Waals surface area contributed by atoms with Gasteiger partial charge >= 0.3 is 0 Å². The first-order chi connectivity index (χ1) is 16.9. The van der Waals surface area contributed by atoms with Gasteiger partial charge in [-0.1, -0.05) is 0 Å². The van der Waals surface area contributed by atoms with Gasteiger partial charge < -0.3 is 9.64 Å². The van der Waals surface area contributed by atoms with Crippen molar-refractivity contribution in [3.05, 3.63) is 54.5 Å². The number of halogens is 1. The Morgan fingerprint density at radius 2 is 1.86 bits per heavy atom. The lowest BCUT2D eigenvalue weighted by molar-refractivity contribution is 0.386. The topological polar surface area (TPSA) is 91.7 Å². The van der Waals surface area contributed by atoms with Gasteiger partial charge in [-0.15, -0.1) is 0 Å². The molecule has 0 saturated carbocycles. The van der Waals surface area contributed by atoms with E-state index < -0.39 is 5.82 Å². The van der Waals surface area contributed by atoms with Gasteiger partial charge in [0.25, 0.3) is 0 Å². The monoisotopic (exact) mass is 473 g/mol. The molecule has 0 unspecified atom stereocenters. The molecule has 0 N–H and O–H groups in total. The zero-order valence-corrected chi connectivity index (χ0v) is 19.8. The molecule has 0 amide bonds. The lowest BCUT2D eigenvalue weighted by atomic mass is 9.96. The van der Waals surface area contributed by atoms with Gasteiger partial charge in [0.2, 0.25) is 0 Å². The smallest absolute Gasteiger partial charge is 0.165 e. The minimum atomic E-state index is -0.437. The van der Waals surface area contributed by atoms with E-state index in [-0.39, 0.29) is 5.75 Å². The van der Waals surface area contributed by atoms with Crippen molar-refractivity contribution in [2.24, 2.45) is 21.1 Å². The molecule has 0 aliphatic carbocycles. The number of ether oxygens (including phenoxy) is 1. The van der Waals surface area contributed by atoms with Crippen LogP contribution in [0.2, 0.25) is 0 Å². The number of methoxy groups -OCH3 is 1. The molecule has 0 radical (unpaired) electrons. The lowest BCUT2D eigenvalue weighted by Crippen LogP contribution is -2.45. The van der Waals surface area contributed by atoms with Gasteiger partial charge in [0.05, 0.1) is 30.1 Å². The lowest BCUT2D eigenvalue weighted by Gasteiger charge is -2.39. The Morgan fingerprint density at radius 1 is 1.03 bits per heavy atom. The quantitative estimate of drug-likeness (QED) is 0.388. The molecule has 5 heterocycles. The van der Waals surface area contributed by atoms with E-state index in [1.807, 2.05) is 38.1 Å². The number of fused-ring (bicyclic) bond motifs is 1. The van der Waals surface area contributed by atoms with E-state index in [9.17, 15) is 4.39 Å². The molecule has 4 aromatic heterocycles. The molecule has 0 spiro atoms. The molecule has 1 saturated heterocycles. The molecule has 35 heavy (non-hydrogen) atoms. The van der Waals surface area contributed by atoms with E-state index in [0.717, 1.165) is 46.9 Å². The highest BCUT2D eigenvalue weighted by Crippen LogP contribution is 2.40. The summed E-state index contributed by atoms with van der Waals surface area (Å²) < 4.78 is 24.9. The Kier molecular flexibility index (Phi) is 4.80. The summed E-state index contributed by atoms with van der Waals surface area (Å²) in [7, 11) is 7.06. The van der Waals surface area contributed by atoms with Crippen molar-refractivity contribution in [3.63, 3.8) is 0 Å². The van der Waals surface area contributed by atoms with Crippen LogP contribution in [0.1, 0.15) is 11.6 Å². The molecule has 178 valence electrons. The Balaban J connectivity index is 1.45. The number of rotatable bonds is 5. The number of anilines is 1. The maximum Gasteiger partial charge on any atom is 0.165 e. The Hall–Kier alpha value is -4.28. The van der Waals surface area contributed by atoms with Crippen molar-refractivity contribution in [1.29, 1.82) is 0 Å². The first-order valence-electron chi connectivity index (χ1n) is 11.2. The molecule has 5 aromatic rings. The average Bonchev–Trinajstić information content (AvgIpc) is 3.50. The van der Waals surface area contributed by atoms with Crippen LogP contribution in [0.15, 0.2) is 43.0 Å². The van der Waals surface area contributed by atoms with Crippen LogP contribution in [0, 0.1) is 5.82 Å². The van der Waals surface area contributed by atoms with Crippen molar-refractivity contribution in [2.45, 2.75) is 5.92 Å². The zero-order valence-electron chi connectivity index (χ0n) is 19.8. The third-order valence-corrected chi connectivity index (χ3v) is 6.55. The summed E-state index contributed by atoms with van der Waals surface area (Å²) in [6, 6.07) is 6.94. The minimum absolute atomic E-state index is 0.191. The van der Waals surface area contributed by atoms with E-state index in [4.69, 9.17) is 9.84 Å². The van der Waals surface area contributed by atoms with Gasteiger partial charge in [-0.25, -0.2) is 19.0 Å². The molecule has 0 bridgehead atoms. The SMILES string of the molecule is COc1ccc(-c2c(-c3nn(C)c4ncnc(N5CC(c6ccn(C)n6)C5)c34)cnn2C)cc1F. The molecule has 1 fully saturated rings. The van der Waals surface area contributed by atoms with Crippen LogP contribution >= 0.6 is 0 Å². The summed E-state index contributed by atoms with van der Waals surface area (Å²) in [4.78, 5) is 11.4. The fraction of sp³-hybridized carbons (Fsp3) is 0.292. The normalized spacial score (nSPS) is 14.0. The molecule has 1 aromatic carbocycles. The largest absolute Gasteiger partial charge is 0.494 e. The summed E-state index contributed by atoms with van der Waals surface area (Å²) >= 11 is 0. The van der Waals surface area contributed by atoms with Crippen LogP contribution in [0.5, 0.6) is 5.75 Å². The Bertz CT molecular complexity index is 1560. The molecule has 1 aliphatic heterocycles. The maximum atomic E-state index is 14.6. The number of nitrogens with zero attached hydrogens (tertiary/aromatic N) is 9. The number of hydrogen-bond acceptors (Lipinski definition) is 7. The van der Waals surface area contributed by atoms with E-state index in [2.05, 4.69) is 31.1 Å². The van der Waals surface area contributed by atoms with Gasteiger partial charge in [-0.3, -0.25) is 9.36 Å². The molecular weight excluding hydrogens is 449 g/mol. The highest BCUT2D eigenvalue weighted by atomic mass is 19.1. The summed E-state index contributed by atoms with van der Waals surface area (Å²) in [6.07, 6.45) is 5.29. The zero-order chi connectivity index (χ0) is 24.3. The van der Waals surface area contributed by atoms with Crippen LogP contribution in [0.25, 0.3) is 33.5 Å². The van der Waals surface area contributed by atoms with Gasteiger partial charge in [0.15, 0.2) is 17.2 Å². The van der Waals surface area contributed by atoms with Crippen molar-refractivity contribution in [3.8, 4) is 28.3 Å². The minimum Gasteiger partial charge on any atom is -0.494 e. The van der Waals surface area contributed by atoms with Gasteiger partial charge in [0.1, 0.15) is 17.8 Å².